The van der Waals surface area contributed by atoms with E-state index < -0.39 is 11.4 Å². The fourth-order valence-corrected chi connectivity index (χ4v) is 6.22. The third-order valence-corrected chi connectivity index (χ3v) is 8.59. The van der Waals surface area contributed by atoms with E-state index in [1.54, 1.807) is 19.6 Å². The molecular weight excluding hydrogens is 522 g/mol. The van der Waals surface area contributed by atoms with Gasteiger partial charge in [-0.15, -0.1) is 0 Å². The van der Waals surface area contributed by atoms with Gasteiger partial charge in [0.05, 0.1) is 29.8 Å². The summed E-state index contributed by atoms with van der Waals surface area (Å²) in [6.45, 7) is 6.71. The van der Waals surface area contributed by atoms with E-state index in [4.69, 9.17) is 9.72 Å². The average Bonchev–Trinajstić information content (AvgIpc) is 2.96. The van der Waals surface area contributed by atoms with E-state index in [0.717, 1.165) is 34.4 Å². The van der Waals surface area contributed by atoms with Crippen LogP contribution in [0.25, 0.3) is 0 Å². The molecule has 2 aromatic carbocycles. The van der Waals surface area contributed by atoms with Crippen LogP contribution in [0, 0.1) is 6.92 Å². The number of methoxy groups -OCH3 is 1. The molecule has 10 heteroatoms. The molecule has 0 amide bonds. The van der Waals surface area contributed by atoms with Crippen molar-refractivity contribution in [2.75, 3.05) is 61.9 Å². The number of nitrogens with one attached hydrogen (secondary N) is 3. The Hall–Kier alpha value is -3.05. The van der Waals surface area contributed by atoms with Crippen LogP contribution in [0.2, 0.25) is 0 Å². The van der Waals surface area contributed by atoms with Gasteiger partial charge in [-0.3, -0.25) is 0 Å². The third-order valence-electron chi connectivity index (χ3n) is 8.08. The van der Waals surface area contributed by atoms with Crippen molar-refractivity contribution in [1.29, 1.82) is 0 Å². The molecule has 3 N–H and O–H groups in total. The highest BCUT2D eigenvalue weighted by atomic mass is 32.2. The summed E-state index contributed by atoms with van der Waals surface area (Å²) in [6, 6.07) is 14.8. The van der Waals surface area contributed by atoms with Crippen molar-refractivity contribution in [3.05, 3.63) is 59.8 Å². The van der Waals surface area contributed by atoms with E-state index in [2.05, 4.69) is 55.4 Å². The summed E-state index contributed by atoms with van der Waals surface area (Å²) < 4.78 is 20.5. The topological polar surface area (TPSA) is 101 Å². The van der Waals surface area contributed by atoms with Gasteiger partial charge in [-0.2, -0.15) is 4.98 Å². The van der Waals surface area contributed by atoms with Crippen molar-refractivity contribution in [2.24, 2.45) is 0 Å². The summed E-state index contributed by atoms with van der Waals surface area (Å²) in [4.78, 5) is 14.4. The number of nitrogens with zero attached hydrogens (tertiary/aromatic N) is 4. The second-order valence-corrected chi connectivity index (χ2v) is 12.0. The largest absolute Gasteiger partial charge is 0.593 e. The van der Waals surface area contributed by atoms with Crippen molar-refractivity contribution in [3.8, 4) is 5.75 Å². The number of hydrogen-bond acceptors (Lipinski definition) is 9. The highest BCUT2D eigenvalue weighted by molar-refractivity contribution is 7.92. The van der Waals surface area contributed by atoms with E-state index in [1.165, 1.54) is 57.4 Å². The second kappa shape index (κ2) is 13.1. The number of ether oxygens (including phenoxy) is 1. The van der Waals surface area contributed by atoms with Crippen molar-refractivity contribution in [3.63, 3.8) is 0 Å². The second-order valence-electron chi connectivity index (χ2n) is 10.9. The molecule has 0 spiro atoms. The summed E-state index contributed by atoms with van der Waals surface area (Å²) in [7, 11) is 3.93. The fourth-order valence-electron chi connectivity index (χ4n) is 5.74. The molecular formula is C30H41N7O2S. The van der Waals surface area contributed by atoms with Crippen LogP contribution in [0.15, 0.2) is 48.7 Å². The van der Waals surface area contributed by atoms with Gasteiger partial charge >= 0.3 is 0 Å². The van der Waals surface area contributed by atoms with Crippen molar-refractivity contribution in [1.82, 2.24) is 19.8 Å². The third kappa shape index (κ3) is 6.98. The Balaban J connectivity index is 1.25. The summed E-state index contributed by atoms with van der Waals surface area (Å²) in [6.07, 6.45) is 8.32. The zero-order valence-corrected chi connectivity index (χ0v) is 24.8. The average molecular weight is 564 g/mol. The molecule has 0 bridgehead atoms. The molecule has 0 saturated carbocycles. The highest BCUT2D eigenvalue weighted by Gasteiger charge is 2.28. The van der Waals surface area contributed by atoms with Gasteiger partial charge in [0.2, 0.25) is 5.95 Å². The molecule has 2 fully saturated rings. The molecule has 0 aliphatic carbocycles. The van der Waals surface area contributed by atoms with E-state index in [0.29, 0.717) is 17.7 Å². The molecule has 40 heavy (non-hydrogen) atoms. The van der Waals surface area contributed by atoms with E-state index >= 15 is 0 Å². The Morgan fingerprint density at radius 1 is 0.950 bits per heavy atom. The molecule has 1 unspecified atom stereocenters. The maximum Gasteiger partial charge on any atom is 0.229 e. The Labute approximate surface area is 241 Å². The standard InChI is InChI=1S/C30H41N7O2S/c1-21-20-31-30(34-29(21)32-25-7-5-6-8-26(25)35-40(4)38)33-27-10-9-23(19-28(27)39-3)22-11-17-37(18-12-22)24-13-15-36(2)16-14-24/h5-10,19-20,22,24,35H,11-18H2,1-4H3,(H2,31,32,33,34). The Morgan fingerprint density at radius 3 is 2.38 bits per heavy atom. The minimum Gasteiger partial charge on any atom is -0.593 e. The van der Waals surface area contributed by atoms with Gasteiger partial charge in [0.1, 0.15) is 23.5 Å². The molecule has 2 saturated heterocycles. The maximum absolute atomic E-state index is 11.7. The van der Waals surface area contributed by atoms with Gasteiger partial charge in [-0.25, -0.2) is 9.71 Å². The molecule has 0 radical (unpaired) electrons. The van der Waals surface area contributed by atoms with Crippen LogP contribution in [-0.2, 0) is 11.4 Å². The van der Waals surface area contributed by atoms with Gasteiger partial charge in [0.15, 0.2) is 0 Å². The lowest BCUT2D eigenvalue weighted by Crippen LogP contribution is -2.46. The number of likely N-dealkylation sites (tertiary alicyclic amines) is 2. The van der Waals surface area contributed by atoms with Crippen LogP contribution in [0.4, 0.5) is 28.8 Å². The number of benzene rings is 2. The van der Waals surface area contributed by atoms with Gasteiger partial charge in [-0.05, 0) is 102 Å². The summed E-state index contributed by atoms with van der Waals surface area (Å²) in [5, 5.41) is 6.70. The molecule has 2 aliphatic heterocycles. The van der Waals surface area contributed by atoms with Crippen molar-refractivity contribution < 1.29 is 9.29 Å². The van der Waals surface area contributed by atoms with Gasteiger partial charge in [-0.1, -0.05) is 18.2 Å². The quantitative estimate of drug-likeness (QED) is 0.301. The van der Waals surface area contributed by atoms with Crippen LogP contribution in [0.1, 0.15) is 42.7 Å². The smallest absolute Gasteiger partial charge is 0.229 e. The van der Waals surface area contributed by atoms with Crippen LogP contribution in [-0.4, -0.2) is 77.0 Å². The molecule has 5 rings (SSSR count). The molecule has 2 aliphatic rings. The first kappa shape index (κ1) is 28.5. The van der Waals surface area contributed by atoms with Crippen molar-refractivity contribution in [2.45, 2.75) is 44.6 Å². The van der Waals surface area contributed by atoms with Crippen LogP contribution in [0.3, 0.4) is 0 Å². The number of piperidine rings is 2. The Kier molecular flexibility index (Phi) is 9.31. The number of rotatable bonds is 9. The molecule has 9 nitrogen and oxygen atoms in total. The van der Waals surface area contributed by atoms with Gasteiger partial charge in [0, 0.05) is 17.8 Å². The van der Waals surface area contributed by atoms with E-state index in [-0.39, 0.29) is 0 Å². The lowest BCUT2D eigenvalue weighted by atomic mass is 9.87. The summed E-state index contributed by atoms with van der Waals surface area (Å²) in [5.41, 5.74) is 4.58. The van der Waals surface area contributed by atoms with Crippen molar-refractivity contribution >= 4 is 40.2 Å². The summed E-state index contributed by atoms with van der Waals surface area (Å²) in [5.74, 6) is 2.47. The molecule has 1 atom stereocenters. The zero-order chi connectivity index (χ0) is 28.1. The highest BCUT2D eigenvalue weighted by Crippen LogP contribution is 2.36. The van der Waals surface area contributed by atoms with Crippen LogP contribution in [0.5, 0.6) is 5.75 Å². The minimum atomic E-state index is -1.19. The van der Waals surface area contributed by atoms with Crippen LogP contribution >= 0.6 is 0 Å². The fraction of sp³-hybridized carbons (Fsp3) is 0.467. The SMILES string of the molecule is COc1cc(C2CCN(C3CCN(C)CC3)CC2)ccc1Nc1ncc(C)c(Nc2ccccc2N[S+](C)[O-])n1. The first-order chi connectivity index (χ1) is 19.4. The molecule has 214 valence electrons. The first-order valence-corrected chi connectivity index (χ1v) is 15.6. The molecule has 3 aromatic rings. The van der Waals surface area contributed by atoms with Crippen LogP contribution < -0.4 is 20.1 Å². The number of aromatic nitrogens is 2. The monoisotopic (exact) mass is 563 g/mol. The predicted octanol–water partition coefficient (Wildman–Crippen LogP) is 5.26. The summed E-state index contributed by atoms with van der Waals surface area (Å²) >= 11 is -1.19. The first-order valence-electron chi connectivity index (χ1n) is 14.1. The zero-order valence-electron chi connectivity index (χ0n) is 23.9. The van der Waals surface area contributed by atoms with Gasteiger partial charge < -0.3 is 29.7 Å². The normalized spacial score (nSPS) is 18.3. The van der Waals surface area contributed by atoms with E-state index in [1.807, 2.05) is 31.2 Å². The Morgan fingerprint density at radius 2 is 1.68 bits per heavy atom. The molecule has 1 aromatic heterocycles. The van der Waals surface area contributed by atoms with E-state index in [9.17, 15) is 4.55 Å². The predicted molar refractivity (Wildman–Crippen MR) is 165 cm³/mol. The lowest BCUT2D eigenvalue weighted by molar-refractivity contribution is 0.0966. The number of para-hydroxylation sites is 2. The number of anilines is 5. The Bertz CT molecular complexity index is 1270. The maximum atomic E-state index is 11.7. The number of aryl methyl sites for hydroxylation is 1. The molecule has 3 heterocycles. The van der Waals surface area contributed by atoms with Gasteiger partial charge in [0.25, 0.3) is 0 Å². The lowest BCUT2D eigenvalue weighted by Gasteiger charge is -2.41. The number of hydrogen-bond donors (Lipinski definition) is 3. The minimum absolute atomic E-state index is 0.468.